The second-order valence-electron chi connectivity index (χ2n) is 3.40. The van der Waals surface area contributed by atoms with Crippen molar-refractivity contribution in [3.63, 3.8) is 0 Å². The molecule has 17 heavy (non-hydrogen) atoms. The van der Waals surface area contributed by atoms with E-state index in [1.54, 1.807) is 6.92 Å². The molecule has 1 aromatic rings. The van der Waals surface area contributed by atoms with Crippen molar-refractivity contribution >= 4 is 17.9 Å². The van der Waals surface area contributed by atoms with E-state index in [0.29, 0.717) is 11.1 Å². The average Bonchev–Trinajstić information content (AvgIpc) is 2.26. The smallest absolute Gasteiger partial charge is 0.346 e. The number of esters is 3. The van der Waals surface area contributed by atoms with Gasteiger partial charge in [0.1, 0.15) is 0 Å². The second-order valence-corrected chi connectivity index (χ2v) is 3.40. The molecular formula is C12H12O5. The highest BCUT2D eigenvalue weighted by atomic mass is 16.6. The molecule has 0 spiro atoms. The van der Waals surface area contributed by atoms with E-state index in [2.05, 4.69) is 9.47 Å². The van der Waals surface area contributed by atoms with Crippen LogP contribution in [-0.4, -0.2) is 25.0 Å². The van der Waals surface area contributed by atoms with Crippen LogP contribution in [0.2, 0.25) is 0 Å². The molecule has 1 rings (SSSR count). The monoisotopic (exact) mass is 236 g/mol. The predicted octanol–water partition coefficient (Wildman–Crippen LogP) is 1.48. The molecule has 90 valence electrons. The molecule has 0 aliphatic carbocycles. The number of carbonyl (C=O) groups excluding carboxylic acids is 3. The fraction of sp³-hybridized carbons (Fsp3) is 0.250. The Morgan fingerprint density at radius 2 is 1.76 bits per heavy atom. The fourth-order valence-electron chi connectivity index (χ4n) is 1.32. The molecule has 5 nitrogen and oxygen atoms in total. The minimum atomic E-state index is -0.730. The number of hydrogen-bond donors (Lipinski definition) is 0. The van der Waals surface area contributed by atoms with Crippen LogP contribution in [0, 0.1) is 6.92 Å². The third-order valence-electron chi connectivity index (χ3n) is 2.10. The first-order valence-corrected chi connectivity index (χ1v) is 4.87. The summed E-state index contributed by atoms with van der Waals surface area (Å²) in [5.41, 5.74) is 1.12. The highest BCUT2D eigenvalue weighted by molar-refractivity contribution is 5.98. The van der Waals surface area contributed by atoms with Crippen LogP contribution in [-0.2, 0) is 14.3 Å². The molecule has 0 aliphatic rings. The van der Waals surface area contributed by atoms with E-state index in [1.165, 1.54) is 25.3 Å². The van der Waals surface area contributed by atoms with Gasteiger partial charge in [0, 0.05) is 6.92 Å². The van der Waals surface area contributed by atoms with Crippen LogP contribution in [0.3, 0.4) is 0 Å². The quantitative estimate of drug-likeness (QED) is 0.574. The minimum absolute atomic E-state index is 0.243. The lowest BCUT2D eigenvalue weighted by Gasteiger charge is -2.06. The Labute approximate surface area is 98.3 Å². The van der Waals surface area contributed by atoms with Gasteiger partial charge in [-0.25, -0.2) is 9.59 Å². The van der Waals surface area contributed by atoms with Gasteiger partial charge in [0.15, 0.2) is 0 Å². The highest BCUT2D eigenvalue weighted by Gasteiger charge is 2.15. The van der Waals surface area contributed by atoms with E-state index < -0.39 is 17.9 Å². The van der Waals surface area contributed by atoms with Gasteiger partial charge in [-0.3, -0.25) is 4.79 Å². The number of carbonyl (C=O) groups is 3. The standard InChI is InChI=1S/C12H12O5/c1-7-6-9(11(14)16-3)4-5-10(7)12(15)17-8(2)13/h4-6H,1-3H3. The number of benzene rings is 1. The van der Waals surface area contributed by atoms with Gasteiger partial charge in [0.05, 0.1) is 18.2 Å². The van der Waals surface area contributed by atoms with Crippen molar-refractivity contribution in [2.75, 3.05) is 7.11 Å². The molecular weight excluding hydrogens is 224 g/mol. The van der Waals surface area contributed by atoms with Crippen molar-refractivity contribution in [2.45, 2.75) is 13.8 Å². The first-order chi connectivity index (χ1) is 7.95. The molecule has 1 aromatic carbocycles. The fourth-order valence-corrected chi connectivity index (χ4v) is 1.32. The van der Waals surface area contributed by atoms with Crippen LogP contribution in [0.15, 0.2) is 18.2 Å². The molecule has 0 unspecified atom stereocenters. The lowest BCUT2D eigenvalue weighted by Crippen LogP contribution is -2.11. The van der Waals surface area contributed by atoms with Crippen LogP contribution in [0.25, 0.3) is 0 Å². The third-order valence-corrected chi connectivity index (χ3v) is 2.10. The predicted molar refractivity (Wildman–Crippen MR) is 58.6 cm³/mol. The van der Waals surface area contributed by atoms with Crippen LogP contribution >= 0.6 is 0 Å². The molecule has 0 fully saturated rings. The van der Waals surface area contributed by atoms with Crippen LogP contribution in [0.1, 0.15) is 33.2 Å². The Bertz CT molecular complexity index is 476. The van der Waals surface area contributed by atoms with Crippen LogP contribution < -0.4 is 0 Å². The summed E-state index contributed by atoms with van der Waals surface area (Å²) < 4.78 is 9.00. The molecule has 0 aromatic heterocycles. The maximum Gasteiger partial charge on any atom is 0.346 e. The molecule has 0 radical (unpaired) electrons. The molecule has 0 atom stereocenters. The van der Waals surface area contributed by atoms with Crippen molar-refractivity contribution in [3.8, 4) is 0 Å². The Morgan fingerprint density at radius 3 is 2.24 bits per heavy atom. The zero-order chi connectivity index (χ0) is 13.0. The summed E-state index contributed by atoms with van der Waals surface area (Å²) in [5, 5.41) is 0. The van der Waals surface area contributed by atoms with Gasteiger partial charge in [0.25, 0.3) is 0 Å². The summed E-state index contributed by atoms with van der Waals surface area (Å²) in [4.78, 5) is 33.3. The van der Waals surface area contributed by atoms with Crippen molar-refractivity contribution in [2.24, 2.45) is 0 Å². The van der Waals surface area contributed by atoms with Gasteiger partial charge in [-0.2, -0.15) is 0 Å². The van der Waals surface area contributed by atoms with Gasteiger partial charge in [-0.1, -0.05) is 0 Å². The summed E-state index contributed by atoms with van der Waals surface area (Å²) in [7, 11) is 1.27. The van der Waals surface area contributed by atoms with Crippen molar-refractivity contribution in [1.29, 1.82) is 0 Å². The number of aryl methyl sites for hydroxylation is 1. The molecule has 0 saturated heterocycles. The molecule has 0 bridgehead atoms. The normalized spacial score (nSPS) is 9.59. The first-order valence-electron chi connectivity index (χ1n) is 4.87. The molecule has 5 heteroatoms. The molecule has 0 aliphatic heterocycles. The highest BCUT2D eigenvalue weighted by Crippen LogP contribution is 2.13. The third kappa shape index (κ3) is 3.14. The maximum atomic E-state index is 11.5. The second kappa shape index (κ2) is 5.25. The van der Waals surface area contributed by atoms with Crippen molar-refractivity contribution < 1.29 is 23.9 Å². The summed E-state index contributed by atoms with van der Waals surface area (Å²) in [6.07, 6.45) is 0. The summed E-state index contributed by atoms with van der Waals surface area (Å²) >= 11 is 0. The zero-order valence-electron chi connectivity index (χ0n) is 9.77. The lowest BCUT2D eigenvalue weighted by molar-refractivity contribution is -0.135. The summed E-state index contributed by atoms with van der Waals surface area (Å²) in [5.74, 6) is -1.89. The van der Waals surface area contributed by atoms with Gasteiger partial charge in [-0.05, 0) is 30.7 Å². The molecule has 0 heterocycles. The van der Waals surface area contributed by atoms with E-state index in [4.69, 9.17) is 0 Å². The Morgan fingerprint density at radius 1 is 1.12 bits per heavy atom. The number of rotatable bonds is 2. The van der Waals surface area contributed by atoms with Crippen molar-refractivity contribution in [3.05, 3.63) is 34.9 Å². The van der Waals surface area contributed by atoms with E-state index in [9.17, 15) is 14.4 Å². The van der Waals surface area contributed by atoms with Crippen molar-refractivity contribution in [1.82, 2.24) is 0 Å². The Kier molecular flexibility index (Phi) is 3.98. The minimum Gasteiger partial charge on any atom is -0.465 e. The van der Waals surface area contributed by atoms with E-state index in [1.807, 2.05) is 0 Å². The first kappa shape index (κ1) is 12.9. The van der Waals surface area contributed by atoms with Gasteiger partial charge in [-0.15, -0.1) is 0 Å². The topological polar surface area (TPSA) is 69.7 Å². The summed E-state index contributed by atoms with van der Waals surface area (Å²) in [6.45, 7) is 2.79. The SMILES string of the molecule is COC(=O)c1ccc(C(=O)OC(C)=O)c(C)c1. The largest absolute Gasteiger partial charge is 0.465 e. The zero-order valence-corrected chi connectivity index (χ0v) is 9.77. The van der Waals surface area contributed by atoms with Crippen LogP contribution in [0.5, 0.6) is 0 Å². The van der Waals surface area contributed by atoms with Gasteiger partial charge < -0.3 is 9.47 Å². The van der Waals surface area contributed by atoms with Crippen LogP contribution in [0.4, 0.5) is 0 Å². The number of methoxy groups -OCH3 is 1. The van der Waals surface area contributed by atoms with Gasteiger partial charge in [0.2, 0.25) is 0 Å². The lowest BCUT2D eigenvalue weighted by atomic mass is 10.1. The van der Waals surface area contributed by atoms with E-state index in [-0.39, 0.29) is 5.56 Å². The summed E-state index contributed by atoms with van der Waals surface area (Å²) in [6, 6.07) is 4.37. The van der Waals surface area contributed by atoms with E-state index in [0.717, 1.165) is 6.92 Å². The molecule has 0 amide bonds. The Hall–Kier alpha value is -2.17. The number of hydrogen-bond acceptors (Lipinski definition) is 5. The number of ether oxygens (including phenoxy) is 2. The molecule has 0 N–H and O–H groups in total. The molecule has 0 saturated carbocycles. The maximum absolute atomic E-state index is 11.5. The average molecular weight is 236 g/mol. The van der Waals surface area contributed by atoms with E-state index >= 15 is 0 Å². The Balaban J connectivity index is 3.01. The van der Waals surface area contributed by atoms with Gasteiger partial charge >= 0.3 is 17.9 Å².